The summed E-state index contributed by atoms with van der Waals surface area (Å²) in [6, 6.07) is 1.04. The van der Waals surface area contributed by atoms with Gasteiger partial charge in [-0.2, -0.15) is 0 Å². The summed E-state index contributed by atoms with van der Waals surface area (Å²) in [6.07, 6.45) is 4.50. The van der Waals surface area contributed by atoms with Gasteiger partial charge in [-0.25, -0.2) is 0 Å². The predicted molar refractivity (Wildman–Crippen MR) is 62.2 cm³/mol. The largest absolute Gasteiger partial charge is 0.338 e. The molecule has 0 aliphatic carbocycles. The van der Waals surface area contributed by atoms with Crippen molar-refractivity contribution < 1.29 is 4.79 Å². The van der Waals surface area contributed by atoms with Crippen LogP contribution in [0.15, 0.2) is 0 Å². The zero-order valence-corrected chi connectivity index (χ0v) is 9.82. The molecule has 0 radical (unpaired) electrons. The summed E-state index contributed by atoms with van der Waals surface area (Å²) in [6.45, 7) is 5.39. The van der Waals surface area contributed by atoms with Gasteiger partial charge in [0.25, 0.3) is 0 Å². The Balaban J connectivity index is 1.72. The maximum Gasteiger partial charge on any atom is 0.224 e. The van der Waals surface area contributed by atoms with Crippen molar-refractivity contribution in [3.63, 3.8) is 0 Å². The van der Waals surface area contributed by atoms with Gasteiger partial charge in [0, 0.05) is 51.2 Å². The van der Waals surface area contributed by atoms with Crippen molar-refractivity contribution in [2.24, 2.45) is 0 Å². The molecule has 3 heterocycles. The van der Waals surface area contributed by atoms with Crippen LogP contribution in [0.2, 0.25) is 0 Å². The SMILES string of the molecule is O=C1CC(N2CCNCC2)C2CCCCN12. The van der Waals surface area contributed by atoms with E-state index in [4.69, 9.17) is 0 Å². The Morgan fingerprint density at radius 1 is 1.06 bits per heavy atom. The minimum Gasteiger partial charge on any atom is -0.338 e. The summed E-state index contributed by atoms with van der Waals surface area (Å²) in [4.78, 5) is 16.6. The summed E-state index contributed by atoms with van der Waals surface area (Å²) >= 11 is 0. The van der Waals surface area contributed by atoms with Crippen LogP contribution in [0.25, 0.3) is 0 Å². The van der Waals surface area contributed by atoms with Crippen molar-refractivity contribution in [1.82, 2.24) is 15.1 Å². The molecule has 2 atom stereocenters. The van der Waals surface area contributed by atoms with E-state index < -0.39 is 0 Å². The van der Waals surface area contributed by atoms with E-state index in [0.717, 1.165) is 39.1 Å². The predicted octanol–water partition coefficient (Wildman–Crippen LogP) is 0.0450. The highest BCUT2D eigenvalue weighted by Crippen LogP contribution is 2.31. The Kier molecular flexibility index (Phi) is 2.86. The monoisotopic (exact) mass is 223 g/mol. The Labute approximate surface area is 97.0 Å². The molecule has 1 N–H and O–H groups in total. The van der Waals surface area contributed by atoms with Gasteiger partial charge in [0.15, 0.2) is 0 Å². The van der Waals surface area contributed by atoms with Gasteiger partial charge < -0.3 is 10.2 Å². The maximum absolute atomic E-state index is 11.9. The molecule has 1 amide bonds. The number of rotatable bonds is 1. The average Bonchev–Trinajstić information content (AvgIpc) is 2.69. The van der Waals surface area contributed by atoms with Gasteiger partial charge in [-0.05, 0) is 19.3 Å². The third-order valence-electron chi connectivity index (χ3n) is 4.32. The lowest BCUT2D eigenvalue weighted by Crippen LogP contribution is -2.53. The molecule has 3 fully saturated rings. The van der Waals surface area contributed by atoms with E-state index in [0.29, 0.717) is 18.0 Å². The zero-order valence-electron chi connectivity index (χ0n) is 9.82. The summed E-state index contributed by atoms with van der Waals surface area (Å²) in [5.41, 5.74) is 0. The van der Waals surface area contributed by atoms with Crippen molar-refractivity contribution in [1.29, 1.82) is 0 Å². The molecule has 0 bridgehead atoms. The number of hydrogen-bond donors (Lipinski definition) is 1. The first kappa shape index (κ1) is 10.5. The van der Waals surface area contributed by atoms with Gasteiger partial charge in [0.1, 0.15) is 0 Å². The minimum absolute atomic E-state index is 0.397. The minimum atomic E-state index is 0.397. The van der Waals surface area contributed by atoms with Crippen LogP contribution in [0.1, 0.15) is 25.7 Å². The molecule has 0 spiro atoms. The molecule has 16 heavy (non-hydrogen) atoms. The molecule has 4 heteroatoms. The smallest absolute Gasteiger partial charge is 0.224 e. The number of hydrogen-bond acceptors (Lipinski definition) is 3. The summed E-state index contributed by atoms with van der Waals surface area (Å²) in [5.74, 6) is 0.397. The van der Waals surface area contributed by atoms with Crippen molar-refractivity contribution in [2.45, 2.75) is 37.8 Å². The van der Waals surface area contributed by atoms with Gasteiger partial charge in [-0.1, -0.05) is 0 Å². The first-order valence-corrected chi connectivity index (χ1v) is 6.60. The fourth-order valence-corrected chi connectivity index (χ4v) is 3.49. The number of carbonyl (C=O) groups excluding carboxylic acids is 1. The van der Waals surface area contributed by atoms with Gasteiger partial charge in [0.2, 0.25) is 5.91 Å². The highest BCUT2D eigenvalue weighted by atomic mass is 16.2. The van der Waals surface area contributed by atoms with Gasteiger partial charge in [0.05, 0.1) is 0 Å². The Bertz CT molecular complexity index is 275. The normalized spacial score (nSPS) is 36.5. The van der Waals surface area contributed by atoms with Crippen LogP contribution >= 0.6 is 0 Å². The molecule has 3 rings (SSSR count). The van der Waals surface area contributed by atoms with E-state index in [1.807, 2.05) is 0 Å². The van der Waals surface area contributed by atoms with Crippen molar-refractivity contribution in [3.8, 4) is 0 Å². The Morgan fingerprint density at radius 3 is 2.69 bits per heavy atom. The van der Waals surface area contributed by atoms with Crippen LogP contribution in [0, 0.1) is 0 Å². The van der Waals surface area contributed by atoms with Crippen LogP contribution in [-0.2, 0) is 4.79 Å². The number of piperidine rings is 1. The van der Waals surface area contributed by atoms with Crippen LogP contribution in [0.4, 0.5) is 0 Å². The summed E-state index contributed by atoms with van der Waals surface area (Å²) in [5, 5.41) is 3.38. The third kappa shape index (κ3) is 1.74. The van der Waals surface area contributed by atoms with E-state index >= 15 is 0 Å². The zero-order chi connectivity index (χ0) is 11.0. The number of nitrogens with zero attached hydrogens (tertiary/aromatic N) is 2. The van der Waals surface area contributed by atoms with Crippen LogP contribution in [0.3, 0.4) is 0 Å². The quantitative estimate of drug-likeness (QED) is 0.682. The molecule has 3 aliphatic rings. The molecule has 4 nitrogen and oxygen atoms in total. The fourth-order valence-electron chi connectivity index (χ4n) is 3.49. The van der Waals surface area contributed by atoms with E-state index in [9.17, 15) is 4.79 Å². The van der Waals surface area contributed by atoms with Gasteiger partial charge in [-0.3, -0.25) is 9.69 Å². The van der Waals surface area contributed by atoms with Crippen molar-refractivity contribution >= 4 is 5.91 Å². The second-order valence-electron chi connectivity index (χ2n) is 5.21. The first-order valence-electron chi connectivity index (χ1n) is 6.60. The Morgan fingerprint density at radius 2 is 1.88 bits per heavy atom. The molecule has 0 aromatic rings. The van der Waals surface area contributed by atoms with Crippen LogP contribution in [-0.4, -0.2) is 60.5 Å². The lowest BCUT2D eigenvalue weighted by molar-refractivity contribution is -0.129. The first-order chi connectivity index (χ1) is 7.86. The summed E-state index contributed by atoms with van der Waals surface area (Å²) in [7, 11) is 0. The average molecular weight is 223 g/mol. The summed E-state index contributed by atoms with van der Waals surface area (Å²) < 4.78 is 0. The molecule has 2 unspecified atom stereocenters. The molecule has 3 saturated heterocycles. The second-order valence-corrected chi connectivity index (χ2v) is 5.21. The number of fused-ring (bicyclic) bond motifs is 1. The fraction of sp³-hybridized carbons (Fsp3) is 0.917. The van der Waals surface area contributed by atoms with E-state index in [1.165, 1.54) is 19.3 Å². The van der Waals surface area contributed by atoms with E-state index in [2.05, 4.69) is 15.1 Å². The number of amides is 1. The van der Waals surface area contributed by atoms with Crippen molar-refractivity contribution in [2.75, 3.05) is 32.7 Å². The van der Waals surface area contributed by atoms with Crippen molar-refractivity contribution in [3.05, 3.63) is 0 Å². The number of piperazine rings is 1. The second kappa shape index (κ2) is 4.34. The maximum atomic E-state index is 11.9. The lowest BCUT2D eigenvalue weighted by atomic mass is 9.97. The molecule has 0 aromatic heterocycles. The molecule has 0 aromatic carbocycles. The highest BCUT2D eigenvalue weighted by molar-refractivity contribution is 5.80. The van der Waals surface area contributed by atoms with Crippen LogP contribution < -0.4 is 5.32 Å². The van der Waals surface area contributed by atoms with E-state index in [1.54, 1.807) is 0 Å². The molecule has 90 valence electrons. The topological polar surface area (TPSA) is 35.6 Å². The highest BCUT2D eigenvalue weighted by Gasteiger charge is 2.43. The standard InChI is InChI=1S/C12H21N3O/c16-12-9-11(14-7-4-13-5-8-14)10-3-1-2-6-15(10)12/h10-11,13H,1-9H2. The molecular weight excluding hydrogens is 202 g/mol. The molecule has 0 saturated carbocycles. The molecular formula is C12H21N3O. The van der Waals surface area contributed by atoms with E-state index in [-0.39, 0.29) is 0 Å². The number of nitrogens with one attached hydrogen (secondary N) is 1. The number of carbonyl (C=O) groups is 1. The lowest BCUT2D eigenvalue weighted by Gasteiger charge is -2.39. The molecule has 3 aliphatic heterocycles. The van der Waals surface area contributed by atoms with Crippen LogP contribution in [0.5, 0.6) is 0 Å². The van der Waals surface area contributed by atoms with Gasteiger partial charge >= 0.3 is 0 Å². The van der Waals surface area contributed by atoms with Gasteiger partial charge in [-0.15, -0.1) is 0 Å². The Hall–Kier alpha value is -0.610. The third-order valence-corrected chi connectivity index (χ3v) is 4.32.